The highest BCUT2D eigenvalue weighted by Crippen LogP contribution is 2.15. The van der Waals surface area contributed by atoms with Crippen LogP contribution in [0.1, 0.15) is 71.1 Å². The Bertz CT molecular complexity index is 671. The van der Waals surface area contributed by atoms with Crippen LogP contribution in [0.15, 0.2) is 72.9 Å². The molecule has 0 saturated carbocycles. The first-order valence-electron chi connectivity index (χ1n) is 10.9. The third-order valence-electron chi connectivity index (χ3n) is 4.36. The number of phenols is 1. The number of carbonyl (C=O) groups is 1. The Kier molecular flexibility index (Phi) is 14.8. The zero-order valence-electron chi connectivity index (χ0n) is 17.9. The largest absolute Gasteiger partial charge is 0.508 e. The van der Waals surface area contributed by atoms with E-state index in [9.17, 15) is 9.90 Å². The van der Waals surface area contributed by atoms with E-state index < -0.39 is 0 Å². The normalized spacial score (nSPS) is 12.0. The zero-order chi connectivity index (χ0) is 21.0. The molecule has 0 saturated heterocycles. The van der Waals surface area contributed by atoms with Crippen molar-refractivity contribution in [2.45, 2.75) is 71.1 Å². The lowest BCUT2D eigenvalue weighted by molar-refractivity contribution is -0.116. The van der Waals surface area contributed by atoms with E-state index in [1.165, 1.54) is 25.7 Å². The molecule has 0 aliphatic carbocycles. The van der Waals surface area contributed by atoms with Crippen LogP contribution in [-0.4, -0.2) is 11.0 Å². The lowest BCUT2D eigenvalue weighted by Crippen LogP contribution is -2.10. The number of rotatable bonds is 15. The van der Waals surface area contributed by atoms with Gasteiger partial charge in [0, 0.05) is 18.2 Å². The third-order valence-corrected chi connectivity index (χ3v) is 4.36. The first-order chi connectivity index (χ1) is 14.2. The monoisotopic (exact) mass is 395 g/mol. The second-order valence-corrected chi connectivity index (χ2v) is 7.08. The Morgan fingerprint density at radius 2 is 1.45 bits per heavy atom. The van der Waals surface area contributed by atoms with Crippen LogP contribution in [0.2, 0.25) is 0 Å². The minimum absolute atomic E-state index is 0.0218. The van der Waals surface area contributed by atoms with E-state index in [4.69, 9.17) is 0 Å². The Balaban J connectivity index is 1.99. The number of phenolic OH excluding ortho intramolecular Hbond substituents is 1. The van der Waals surface area contributed by atoms with E-state index in [-0.39, 0.29) is 11.7 Å². The Morgan fingerprint density at radius 1 is 0.862 bits per heavy atom. The molecule has 0 bridgehead atoms. The Labute approximate surface area is 176 Å². The molecule has 0 fully saturated rings. The highest BCUT2D eigenvalue weighted by atomic mass is 16.3. The molecule has 0 unspecified atom stereocenters. The quantitative estimate of drug-likeness (QED) is 0.239. The number of hydrogen-bond acceptors (Lipinski definition) is 2. The van der Waals surface area contributed by atoms with E-state index in [2.05, 4.69) is 60.8 Å². The molecule has 0 radical (unpaired) electrons. The molecular formula is C26H37NO2. The smallest absolute Gasteiger partial charge is 0.224 e. The van der Waals surface area contributed by atoms with Crippen LogP contribution < -0.4 is 5.32 Å². The minimum atomic E-state index is -0.0218. The number of nitrogens with one attached hydrogen (secondary N) is 1. The number of anilines is 1. The number of aromatic hydroxyl groups is 1. The van der Waals surface area contributed by atoms with Gasteiger partial charge in [-0.2, -0.15) is 0 Å². The van der Waals surface area contributed by atoms with Gasteiger partial charge in [0.05, 0.1) is 0 Å². The summed E-state index contributed by atoms with van der Waals surface area (Å²) in [5, 5.41) is 12.2. The van der Waals surface area contributed by atoms with Crippen molar-refractivity contribution in [2.24, 2.45) is 0 Å². The fourth-order valence-corrected chi connectivity index (χ4v) is 2.75. The van der Waals surface area contributed by atoms with Crippen LogP contribution in [0.3, 0.4) is 0 Å². The lowest BCUT2D eigenvalue weighted by Gasteiger charge is -2.04. The van der Waals surface area contributed by atoms with E-state index in [0.717, 1.165) is 32.1 Å². The van der Waals surface area contributed by atoms with E-state index in [1.807, 2.05) is 0 Å². The van der Waals surface area contributed by atoms with Crippen molar-refractivity contribution in [1.29, 1.82) is 0 Å². The molecule has 0 aliphatic rings. The first kappa shape index (κ1) is 24.5. The molecule has 29 heavy (non-hydrogen) atoms. The number of allylic oxidation sites excluding steroid dienone is 8. The van der Waals surface area contributed by atoms with Gasteiger partial charge in [0.25, 0.3) is 0 Å². The molecule has 0 aromatic heterocycles. The van der Waals surface area contributed by atoms with Gasteiger partial charge in [-0.15, -0.1) is 0 Å². The molecule has 158 valence electrons. The second kappa shape index (κ2) is 17.5. The van der Waals surface area contributed by atoms with Crippen LogP contribution in [0.5, 0.6) is 5.75 Å². The van der Waals surface area contributed by atoms with Crippen LogP contribution in [0, 0.1) is 0 Å². The van der Waals surface area contributed by atoms with Gasteiger partial charge in [-0.3, -0.25) is 4.79 Å². The van der Waals surface area contributed by atoms with Crippen molar-refractivity contribution in [1.82, 2.24) is 0 Å². The molecule has 1 aromatic carbocycles. The van der Waals surface area contributed by atoms with Gasteiger partial charge < -0.3 is 10.4 Å². The maximum Gasteiger partial charge on any atom is 0.224 e. The fourth-order valence-electron chi connectivity index (χ4n) is 2.75. The molecule has 0 spiro atoms. The van der Waals surface area contributed by atoms with Crippen molar-refractivity contribution in [3.05, 3.63) is 72.9 Å². The van der Waals surface area contributed by atoms with Crippen molar-refractivity contribution in [3.63, 3.8) is 0 Å². The summed E-state index contributed by atoms with van der Waals surface area (Å²) in [6.45, 7) is 2.23. The van der Waals surface area contributed by atoms with Crippen LogP contribution >= 0.6 is 0 Å². The summed E-state index contributed by atoms with van der Waals surface area (Å²) in [6.07, 6.45) is 27.9. The van der Waals surface area contributed by atoms with E-state index in [1.54, 1.807) is 24.3 Å². The maximum absolute atomic E-state index is 11.8. The molecule has 3 heteroatoms. The fraction of sp³-hybridized carbons (Fsp3) is 0.423. The second-order valence-electron chi connectivity index (χ2n) is 7.08. The topological polar surface area (TPSA) is 49.3 Å². The average Bonchev–Trinajstić information content (AvgIpc) is 2.70. The van der Waals surface area contributed by atoms with Crippen LogP contribution in [0.25, 0.3) is 0 Å². The Hall–Kier alpha value is -2.55. The van der Waals surface area contributed by atoms with Gasteiger partial charge in [-0.25, -0.2) is 0 Å². The molecule has 1 rings (SSSR count). The van der Waals surface area contributed by atoms with Gasteiger partial charge in [0.15, 0.2) is 0 Å². The van der Waals surface area contributed by atoms with Gasteiger partial charge >= 0.3 is 0 Å². The van der Waals surface area contributed by atoms with Gasteiger partial charge in [0.2, 0.25) is 5.91 Å². The summed E-state index contributed by atoms with van der Waals surface area (Å²) >= 11 is 0. The number of unbranched alkanes of at least 4 members (excludes halogenated alkanes) is 4. The molecule has 0 aliphatic heterocycles. The van der Waals surface area contributed by atoms with Crippen molar-refractivity contribution in [3.8, 4) is 5.75 Å². The highest BCUT2D eigenvalue weighted by molar-refractivity contribution is 5.90. The first-order valence-corrected chi connectivity index (χ1v) is 10.9. The number of amides is 1. The third kappa shape index (κ3) is 15.1. The standard InChI is InChI=1S/C26H37NO2/c1-2-3-4-5-6-7-8-9-10-11-12-13-14-15-16-17-18-22-26(29)27-24-20-19-21-25(28)23-24/h6-7,9-10,12-13,15-16,19-21,23,28H,2-5,8,11,14,17-18,22H2,1H3,(H,27,29). The summed E-state index contributed by atoms with van der Waals surface area (Å²) < 4.78 is 0. The molecular weight excluding hydrogens is 358 g/mol. The van der Waals surface area contributed by atoms with Crippen molar-refractivity contribution >= 4 is 11.6 Å². The molecule has 0 heterocycles. The Morgan fingerprint density at radius 3 is 2.03 bits per heavy atom. The minimum Gasteiger partial charge on any atom is -0.508 e. The summed E-state index contributed by atoms with van der Waals surface area (Å²) in [4.78, 5) is 11.8. The SMILES string of the molecule is CCCCCC=CCC=CCC=CCC=CCCCC(=O)Nc1cccc(O)c1. The summed E-state index contributed by atoms with van der Waals surface area (Å²) in [6, 6.07) is 6.61. The number of hydrogen-bond donors (Lipinski definition) is 2. The molecule has 1 amide bonds. The molecule has 1 aromatic rings. The predicted molar refractivity (Wildman–Crippen MR) is 125 cm³/mol. The molecule has 2 N–H and O–H groups in total. The van der Waals surface area contributed by atoms with Crippen molar-refractivity contribution < 1.29 is 9.90 Å². The van der Waals surface area contributed by atoms with Crippen LogP contribution in [0.4, 0.5) is 5.69 Å². The number of carbonyl (C=O) groups excluding carboxylic acids is 1. The van der Waals surface area contributed by atoms with Gasteiger partial charge in [-0.1, -0.05) is 74.4 Å². The highest BCUT2D eigenvalue weighted by Gasteiger charge is 2.01. The van der Waals surface area contributed by atoms with E-state index >= 15 is 0 Å². The van der Waals surface area contributed by atoms with Crippen molar-refractivity contribution in [2.75, 3.05) is 5.32 Å². The summed E-state index contributed by atoms with van der Waals surface area (Å²) in [5.41, 5.74) is 0.632. The summed E-state index contributed by atoms with van der Waals surface area (Å²) in [7, 11) is 0. The predicted octanol–water partition coefficient (Wildman–Crippen LogP) is 7.48. The maximum atomic E-state index is 11.8. The summed E-state index contributed by atoms with van der Waals surface area (Å²) in [5.74, 6) is 0.135. The lowest BCUT2D eigenvalue weighted by atomic mass is 10.2. The van der Waals surface area contributed by atoms with Gasteiger partial charge in [0.1, 0.15) is 5.75 Å². The van der Waals surface area contributed by atoms with Crippen LogP contribution in [-0.2, 0) is 4.79 Å². The average molecular weight is 396 g/mol. The zero-order valence-corrected chi connectivity index (χ0v) is 17.9. The molecule has 0 atom stereocenters. The van der Waals surface area contributed by atoms with E-state index in [0.29, 0.717) is 12.1 Å². The van der Waals surface area contributed by atoms with Gasteiger partial charge in [-0.05, 0) is 57.1 Å². The molecule has 3 nitrogen and oxygen atoms in total. The number of benzene rings is 1.